The van der Waals surface area contributed by atoms with Crippen LogP contribution in [0.15, 0.2) is 0 Å². The molecule has 1 N–H and O–H groups in total. The van der Waals surface area contributed by atoms with Crippen molar-refractivity contribution in [3.8, 4) is 0 Å². The Morgan fingerprint density at radius 3 is 1.71 bits per heavy atom. The molecule has 0 saturated heterocycles. The van der Waals surface area contributed by atoms with Crippen LogP contribution in [-0.2, 0) is 10.1 Å². The van der Waals surface area contributed by atoms with E-state index in [1.165, 1.54) is 19.3 Å². The van der Waals surface area contributed by atoms with Crippen LogP contribution >= 0.6 is 11.6 Å². The number of halogens is 4. The van der Waals surface area contributed by atoms with Crippen molar-refractivity contribution >= 4 is 21.7 Å². The Morgan fingerprint density at radius 1 is 1.29 bits per heavy atom. The van der Waals surface area contributed by atoms with Crippen molar-refractivity contribution in [2.45, 2.75) is 31.7 Å². The van der Waals surface area contributed by atoms with E-state index in [1.807, 2.05) is 0 Å². The summed E-state index contributed by atoms with van der Waals surface area (Å²) in [6.45, 7) is 2.17. The SMILES string of the molecule is CCCCCCl.O=S(=O)(O)C(F)(F)F. The topological polar surface area (TPSA) is 54.4 Å². The summed E-state index contributed by atoms with van der Waals surface area (Å²) in [5.41, 5.74) is -5.53. The van der Waals surface area contributed by atoms with Crippen LogP contribution in [0.4, 0.5) is 13.2 Å². The lowest BCUT2D eigenvalue weighted by Crippen LogP contribution is -2.21. The third kappa shape index (κ3) is 10.1. The standard InChI is InChI=1S/C5H11Cl.CHF3O3S/c1-2-3-4-5-6;2-1(3,4)8(5,6)7/h2-5H2,1H3;(H,5,6,7). The molecule has 0 radical (unpaired) electrons. The zero-order valence-electron chi connectivity index (χ0n) is 7.51. The Bertz CT molecular complexity index is 221. The number of alkyl halides is 4. The fraction of sp³-hybridized carbons (Fsp3) is 1.00. The first-order chi connectivity index (χ1) is 6.16. The van der Waals surface area contributed by atoms with Crippen LogP contribution in [0.1, 0.15) is 26.2 Å². The molecule has 14 heavy (non-hydrogen) atoms. The third-order valence-electron chi connectivity index (χ3n) is 1.03. The van der Waals surface area contributed by atoms with Gasteiger partial charge in [0.2, 0.25) is 0 Å². The van der Waals surface area contributed by atoms with Gasteiger partial charge in [-0.25, -0.2) is 0 Å². The van der Waals surface area contributed by atoms with E-state index < -0.39 is 15.6 Å². The first-order valence-corrected chi connectivity index (χ1v) is 5.74. The van der Waals surface area contributed by atoms with Gasteiger partial charge in [-0.1, -0.05) is 19.8 Å². The number of hydrogen-bond donors (Lipinski definition) is 1. The lowest BCUT2D eigenvalue weighted by molar-refractivity contribution is -0.0510. The zero-order chi connectivity index (χ0) is 11.8. The molecular weight excluding hydrogens is 245 g/mol. The maximum Gasteiger partial charge on any atom is 0.522 e. The van der Waals surface area contributed by atoms with Gasteiger partial charge in [0.15, 0.2) is 0 Å². The average molecular weight is 257 g/mol. The molecule has 0 aromatic heterocycles. The molecule has 0 aliphatic heterocycles. The van der Waals surface area contributed by atoms with Crippen LogP contribution in [0, 0.1) is 0 Å². The van der Waals surface area contributed by atoms with Gasteiger partial charge in [-0.3, -0.25) is 4.55 Å². The molecule has 0 bridgehead atoms. The highest BCUT2D eigenvalue weighted by molar-refractivity contribution is 7.86. The second kappa shape index (κ2) is 7.30. The maximum atomic E-state index is 10.7. The van der Waals surface area contributed by atoms with E-state index in [4.69, 9.17) is 24.6 Å². The highest BCUT2D eigenvalue weighted by Gasteiger charge is 2.44. The van der Waals surface area contributed by atoms with Crippen molar-refractivity contribution in [2.24, 2.45) is 0 Å². The fourth-order valence-electron chi connectivity index (χ4n) is 0.344. The lowest BCUT2D eigenvalue weighted by atomic mass is 10.3. The second-order valence-corrected chi connectivity index (χ2v) is 4.11. The van der Waals surface area contributed by atoms with Gasteiger partial charge in [0.1, 0.15) is 0 Å². The van der Waals surface area contributed by atoms with Gasteiger partial charge in [0.25, 0.3) is 0 Å². The molecule has 0 rings (SSSR count). The molecule has 0 unspecified atom stereocenters. The molecule has 8 heteroatoms. The maximum absolute atomic E-state index is 10.7. The van der Waals surface area contributed by atoms with E-state index >= 15 is 0 Å². The van der Waals surface area contributed by atoms with Crippen molar-refractivity contribution in [1.29, 1.82) is 0 Å². The molecule has 0 spiro atoms. The molecule has 0 amide bonds. The molecular formula is C6H12ClF3O3S. The largest absolute Gasteiger partial charge is 0.522 e. The molecule has 0 saturated carbocycles. The molecule has 0 aliphatic carbocycles. The van der Waals surface area contributed by atoms with Crippen LogP contribution < -0.4 is 0 Å². The molecule has 3 nitrogen and oxygen atoms in total. The predicted octanol–water partition coefficient (Wildman–Crippen LogP) is 2.81. The first-order valence-electron chi connectivity index (χ1n) is 3.76. The van der Waals surface area contributed by atoms with Crippen molar-refractivity contribution in [2.75, 3.05) is 5.88 Å². The Balaban J connectivity index is 0. The summed E-state index contributed by atoms with van der Waals surface area (Å²) in [6, 6.07) is 0. The normalized spacial score (nSPS) is 11.9. The van der Waals surface area contributed by atoms with Crippen LogP contribution in [0.25, 0.3) is 0 Å². The summed E-state index contributed by atoms with van der Waals surface area (Å²) in [5, 5.41) is 0. The molecule has 0 heterocycles. The molecule has 0 fully saturated rings. The van der Waals surface area contributed by atoms with Crippen LogP contribution in [0.3, 0.4) is 0 Å². The van der Waals surface area contributed by atoms with Crippen LogP contribution in [0.2, 0.25) is 0 Å². The predicted molar refractivity (Wildman–Crippen MR) is 47.8 cm³/mol. The minimum absolute atomic E-state index is 0.827. The van der Waals surface area contributed by atoms with E-state index in [0.29, 0.717) is 0 Å². The summed E-state index contributed by atoms with van der Waals surface area (Å²) in [7, 11) is -5.84. The quantitative estimate of drug-likeness (QED) is 0.366. The first kappa shape index (κ1) is 16.4. The minimum Gasteiger partial charge on any atom is -0.279 e. The number of unbranched alkanes of at least 4 members (excludes halogenated alkanes) is 2. The Hall–Kier alpha value is -0.0100. The molecule has 0 aromatic rings. The van der Waals surface area contributed by atoms with Crippen molar-refractivity contribution in [3.05, 3.63) is 0 Å². The molecule has 0 atom stereocenters. The van der Waals surface area contributed by atoms with Crippen LogP contribution in [0.5, 0.6) is 0 Å². The third-order valence-corrected chi connectivity index (χ3v) is 1.88. The minimum atomic E-state index is -5.84. The lowest BCUT2D eigenvalue weighted by Gasteiger charge is -1.97. The Kier molecular flexibility index (Phi) is 8.57. The summed E-state index contributed by atoms with van der Waals surface area (Å²) >= 11 is 5.38. The zero-order valence-corrected chi connectivity index (χ0v) is 9.08. The van der Waals surface area contributed by atoms with Gasteiger partial charge < -0.3 is 0 Å². The number of hydrogen-bond acceptors (Lipinski definition) is 2. The summed E-state index contributed by atoms with van der Waals surface area (Å²) in [6.07, 6.45) is 3.73. The smallest absolute Gasteiger partial charge is 0.279 e. The van der Waals surface area contributed by atoms with E-state index in [1.54, 1.807) is 0 Å². The monoisotopic (exact) mass is 256 g/mol. The van der Waals surface area contributed by atoms with Gasteiger partial charge in [0.05, 0.1) is 0 Å². The van der Waals surface area contributed by atoms with Crippen molar-refractivity contribution in [1.82, 2.24) is 0 Å². The summed E-state index contributed by atoms with van der Waals surface area (Å²) < 4.78 is 57.5. The van der Waals surface area contributed by atoms with Gasteiger partial charge >= 0.3 is 15.6 Å². The molecule has 0 aliphatic rings. The van der Waals surface area contributed by atoms with Gasteiger partial charge in [-0.05, 0) is 6.42 Å². The van der Waals surface area contributed by atoms with E-state index in [9.17, 15) is 13.2 Å². The van der Waals surface area contributed by atoms with Gasteiger partial charge in [0, 0.05) is 5.88 Å². The van der Waals surface area contributed by atoms with E-state index in [0.717, 1.165) is 5.88 Å². The second-order valence-electron chi connectivity index (χ2n) is 2.32. The summed E-state index contributed by atoms with van der Waals surface area (Å²) in [5.74, 6) is 0.827. The van der Waals surface area contributed by atoms with E-state index in [2.05, 4.69) is 6.92 Å². The van der Waals surface area contributed by atoms with Gasteiger partial charge in [-0.15, -0.1) is 11.6 Å². The van der Waals surface area contributed by atoms with Crippen LogP contribution in [-0.4, -0.2) is 24.4 Å². The molecule has 88 valence electrons. The Morgan fingerprint density at radius 2 is 1.64 bits per heavy atom. The Labute approximate surface area is 86.0 Å². The van der Waals surface area contributed by atoms with Gasteiger partial charge in [-0.2, -0.15) is 21.6 Å². The fourth-order valence-corrected chi connectivity index (χ4v) is 0.533. The molecule has 0 aromatic carbocycles. The highest BCUT2D eigenvalue weighted by Crippen LogP contribution is 2.20. The van der Waals surface area contributed by atoms with Crippen molar-refractivity contribution < 1.29 is 26.1 Å². The number of rotatable bonds is 3. The van der Waals surface area contributed by atoms with Crippen molar-refractivity contribution in [3.63, 3.8) is 0 Å². The average Bonchev–Trinajstić information content (AvgIpc) is 1.98. The highest BCUT2D eigenvalue weighted by atomic mass is 35.5. The summed E-state index contributed by atoms with van der Waals surface area (Å²) in [4.78, 5) is 0. The van der Waals surface area contributed by atoms with E-state index in [-0.39, 0.29) is 0 Å².